The summed E-state index contributed by atoms with van der Waals surface area (Å²) in [6, 6.07) is 20.6. The van der Waals surface area contributed by atoms with Gasteiger partial charge in [-0.2, -0.15) is 0 Å². The molecule has 0 aliphatic heterocycles. The van der Waals surface area contributed by atoms with Gasteiger partial charge in [-0.3, -0.25) is 9.10 Å². The lowest BCUT2D eigenvalue weighted by Crippen LogP contribution is -2.31. The van der Waals surface area contributed by atoms with Crippen LogP contribution in [0, 0.1) is 0 Å². The van der Waals surface area contributed by atoms with Gasteiger partial charge in [-0.1, -0.05) is 47.5 Å². The molecule has 33 heavy (non-hydrogen) atoms. The summed E-state index contributed by atoms with van der Waals surface area (Å²) < 4.78 is 31.6. The van der Waals surface area contributed by atoms with E-state index in [0.29, 0.717) is 21.5 Å². The summed E-state index contributed by atoms with van der Waals surface area (Å²) in [5.74, 6) is 0.176. The summed E-state index contributed by atoms with van der Waals surface area (Å²) in [6.45, 7) is 1.87. The van der Waals surface area contributed by atoms with Gasteiger partial charge in [0.05, 0.1) is 24.5 Å². The predicted molar refractivity (Wildman–Crippen MR) is 132 cm³/mol. The number of carbonyl (C=O) groups excluding carboxylic acids is 1. The van der Waals surface area contributed by atoms with Crippen LogP contribution in [0.3, 0.4) is 0 Å². The summed E-state index contributed by atoms with van der Waals surface area (Å²) in [5, 5.41) is 4.08. The largest absolute Gasteiger partial charge is 0.484 e. The van der Waals surface area contributed by atoms with Crippen LogP contribution in [0.25, 0.3) is 0 Å². The zero-order valence-corrected chi connectivity index (χ0v) is 20.5. The molecule has 3 aromatic rings. The number of anilines is 1. The van der Waals surface area contributed by atoms with Crippen molar-refractivity contribution in [3.63, 3.8) is 0 Å². The molecular formula is C24H24Cl2N2O4S. The Kier molecular flexibility index (Phi) is 8.24. The van der Waals surface area contributed by atoms with E-state index in [9.17, 15) is 13.2 Å². The van der Waals surface area contributed by atoms with E-state index in [2.05, 4.69) is 5.32 Å². The van der Waals surface area contributed by atoms with Gasteiger partial charge in [-0.05, 0) is 66.6 Å². The predicted octanol–water partition coefficient (Wildman–Crippen LogP) is 5.22. The number of sulfonamides is 1. The van der Waals surface area contributed by atoms with Crippen LogP contribution in [-0.2, 0) is 21.4 Å². The lowest BCUT2D eigenvalue weighted by Gasteiger charge is -2.23. The van der Waals surface area contributed by atoms with Crippen LogP contribution in [0.4, 0.5) is 5.69 Å². The van der Waals surface area contributed by atoms with Crippen molar-refractivity contribution in [2.75, 3.05) is 17.2 Å². The van der Waals surface area contributed by atoms with E-state index in [1.165, 1.54) is 4.31 Å². The number of hydrogen-bond donors (Lipinski definition) is 1. The molecule has 0 unspecified atom stereocenters. The zero-order chi connectivity index (χ0) is 24.0. The molecule has 3 rings (SSSR count). The number of hydrogen-bond acceptors (Lipinski definition) is 4. The third kappa shape index (κ3) is 7.39. The molecule has 1 amide bonds. The first kappa shape index (κ1) is 24.9. The van der Waals surface area contributed by atoms with E-state index in [4.69, 9.17) is 27.9 Å². The number of halogens is 2. The second-order valence-corrected chi connectivity index (χ2v) is 10.3. The Hall–Kier alpha value is -2.74. The number of amides is 1. The molecule has 3 aromatic carbocycles. The van der Waals surface area contributed by atoms with Crippen molar-refractivity contribution in [2.45, 2.75) is 19.5 Å². The van der Waals surface area contributed by atoms with E-state index in [-0.39, 0.29) is 25.1 Å². The minimum atomic E-state index is -3.52. The summed E-state index contributed by atoms with van der Waals surface area (Å²) in [4.78, 5) is 12.2. The van der Waals surface area contributed by atoms with Crippen molar-refractivity contribution in [1.29, 1.82) is 0 Å². The molecule has 0 aliphatic rings. The average molecular weight is 507 g/mol. The maximum Gasteiger partial charge on any atom is 0.258 e. The lowest BCUT2D eigenvalue weighted by molar-refractivity contribution is -0.123. The summed E-state index contributed by atoms with van der Waals surface area (Å²) in [7, 11) is -3.52. The molecule has 0 saturated heterocycles. The zero-order valence-electron chi connectivity index (χ0n) is 18.2. The van der Waals surface area contributed by atoms with Gasteiger partial charge >= 0.3 is 0 Å². The van der Waals surface area contributed by atoms with Gasteiger partial charge in [0.2, 0.25) is 10.0 Å². The first-order valence-corrected chi connectivity index (χ1v) is 12.7. The molecule has 1 atom stereocenters. The van der Waals surface area contributed by atoms with Crippen LogP contribution in [-0.4, -0.2) is 27.2 Å². The summed E-state index contributed by atoms with van der Waals surface area (Å²) in [5.41, 5.74) is 2.22. The standard InChI is InChI=1S/C24H24Cl2N2O4S/c1-17(19-5-9-21(26)10-6-19)27-24(29)16-32-23-13-11-22(12-14-23)28(33(2,30)31)15-18-3-7-20(25)8-4-18/h3-14,17H,15-16H2,1-2H3,(H,27,29)/t17-/m0/s1. The molecule has 0 spiro atoms. The first-order chi connectivity index (χ1) is 15.6. The SMILES string of the molecule is C[C@H](NC(=O)COc1ccc(N(Cc2ccc(Cl)cc2)S(C)(=O)=O)cc1)c1ccc(Cl)cc1. The third-order valence-electron chi connectivity index (χ3n) is 4.88. The highest BCUT2D eigenvalue weighted by molar-refractivity contribution is 7.92. The minimum absolute atomic E-state index is 0.168. The Bertz CT molecular complexity index is 1180. The van der Waals surface area contributed by atoms with Crippen molar-refractivity contribution in [3.8, 4) is 5.75 Å². The molecular weight excluding hydrogens is 483 g/mol. The van der Waals surface area contributed by atoms with Crippen LogP contribution < -0.4 is 14.4 Å². The average Bonchev–Trinajstić information content (AvgIpc) is 2.77. The Labute approximate surface area is 204 Å². The van der Waals surface area contributed by atoms with Gasteiger partial charge in [0.15, 0.2) is 6.61 Å². The highest BCUT2D eigenvalue weighted by Gasteiger charge is 2.18. The Morgan fingerprint density at radius 2 is 1.48 bits per heavy atom. The normalized spacial score (nSPS) is 12.1. The van der Waals surface area contributed by atoms with Gasteiger partial charge in [-0.25, -0.2) is 8.42 Å². The smallest absolute Gasteiger partial charge is 0.258 e. The highest BCUT2D eigenvalue weighted by atomic mass is 35.5. The Balaban J connectivity index is 1.60. The summed E-state index contributed by atoms with van der Waals surface area (Å²) in [6.07, 6.45) is 1.15. The number of carbonyl (C=O) groups is 1. The number of nitrogens with zero attached hydrogens (tertiary/aromatic N) is 1. The lowest BCUT2D eigenvalue weighted by atomic mass is 10.1. The van der Waals surface area contributed by atoms with Crippen molar-refractivity contribution in [3.05, 3.63) is 94.0 Å². The highest BCUT2D eigenvalue weighted by Crippen LogP contribution is 2.24. The van der Waals surface area contributed by atoms with E-state index in [1.807, 2.05) is 19.1 Å². The molecule has 0 fully saturated rings. The second kappa shape index (κ2) is 10.9. The van der Waals surface area contributed by atoms with Crippen LogP contribution in [0.15, 0.2) is 72.8 Å². The van der Waals surface area contributed by atoms with Crippen molar-refractivity contribution < 1.29 is 17.9 Å². The van der Waals surface area contributed by atoms with Gasteiger partial charge in [0.1, 0.15) is 5.75 Å². The van der Waals surface area contributed by atoms with E-state index < -0.39 is 10.0 Å². The van der Waals surface area contributed by atoms with Crippen LogP contribution in [0.1, 0.15) is 24.1 Å². The van der Waals surface area contributed by atoms with Crippen molar-refractivity contribution in [1.82, 2.24) is 5.32 Å². The monoisotopic (exact) mass is 506 g/mol. The topological polar surface area (TPSA) is 75.7 Å². The molecule has 0 aliphatic carbocycles. The number of rotatable bonds is 9. The van der Waals surface area contributed by atoms with Crippen molar-refractivity contribution >= 4 is 44.8 Å². The van der Waals surface area contributed by atoms with E-state index in [1.54, 1.807) is 60.7 Å². The maximum atomic E-state index is 12.3. The van der Waals surface area contributed by atoms with Crippen LogP contribution in [0.5, 0.6) is 5.75 Å². The minimum Gasteiger partial charge on any atom is -0.484 e. The van der Waals surface area contributed by atoms with Gasteiger partial charge in [0.25, 0.3) is 5.91 Å². The fraction of sp³-hybridized carbons (Fsp3) is 0.208. The summed E-state index contributed by atoms with van der Waals surface area (Å²) >= 11 is 11.8. The Morgan fingerprint density at radius 3 is 2.03 bits per heavy atom. The molecule has 6 nitrogen and oxygen atoms in total. The molecule has 0 heterocycles. The number of nitrogens with one attached hydrogen (secondary N) is 1. The number of ether oxygens (including phenoxy) is 1. The molecule has 174 valence electrons. The maximum absolute atomic E-state index is 12.3. The van der Waals surface area contributed by atoms with Crippen molar-refractivity contribution in [2.24, 2.45) is 0 Å². The third-order valence-corrected chi connectivity index (χ3v) is 6.53. The molecule has 0 bridgehead atoms. The molecule has 1 N–H and O–H groups in total. The molecule has 0 radical (unpaired) electrons. The fourth-order valence-electron chi connectivity index (χ4n) is 3.13. The quantitative estimate of drug-likeness (QED) is 0.431. The van der Waals surface area contributed by atoms with E-state index >= 15 is 0 Å². The molecule has 9 heteroatoms. The molecule has 0 aromatic heterocycles. The molecule has 0 saturated carbocycles. The number of benzene rings is 3. The second-order valence-electron chi connectivity index (χ2n) is 7.52. The van der Waals surface area contributed by atoms with E-state index in [0.717, 1.165) is 17.4 Å². The first-order valence-electron chi connectivity index (χ1n) is 10.1. The van der Waals surface area contributed by atoms with Gasteiger partial charge in [0, 0.05) is 10.0 Å². The van der Waals surface area contributed by atoms with Gasteiger partial charge in [-0.15, -0.1) is 0 Å². The van der Waals surface area contributed by atoms with Crippen LogP contribution in [0.2, 0.25) is 10.0 Å². The van der Waals surface area contributed by atoms with Crippen LogP contribution >= 0.6 is 23.2 Å². The fourth-order valence-corrected chi connectivity index (χ4v) is 4.27. The van der Waals surface area contributed by atoms with Gasteiger partial charge < -0.3 is 10.1 Å². The Morgan fingerprint density at radius 1 is 0.939 bits per heavy atom.